The molecule has 3 nitrogen and oxygen atoms in total. The summed E-state index contributed by atoms with van der Waals surface area (Å²) in [6.07, 6.45) is 1.27. The van der Waals surface area contributed by atoms with Crippen molar-refractivity contribution >= 4 is 5.91 Å². The van der Waals surface area contributed by atoms with Crippen molar-refractivity contribution in [2.24, 2.45) is 5.92 Å². The molecule has 0 bridgehead atoms. The smallest absolute Gasteiger partial charge is 0.220 e. The lowest BCUT2D eigenvalue weighted by Crippen LogP contribution is -2.27. The number of carbonyl (C=O) groups is 1. The number of amides is 1. The minimum absolute atomic E-state index is 0.108. The first-order valence-electron chi connectivity index (χ1n) is 6.54. The number of rotatable bonds is 7. The van der Waals surface area contributed by atoms with Crippen LogP contribution in [-0.4, -0.2) is 19.1 Å². The van der Waals surface area contributed by atoms with Crippen molar-refractivity contribution in [3.8, 4) is 5.75 Å². The van der Waals surface area contributed by atoms with Crippen molar-refractivity contribution in [1.29, 1.82) is 0 Å². The standard InChI is InChI=1S/C15H23NO2/c1-12(2)11-16-15(17)9-6-10-18-14-8-5-4-7-13(14)3/h4-5,7-8,12H,6,9-11H2,1-3H3,(H,16,17). The topological polar surface area (TPSA) is 38.3 Å². The van der Waals surface area contributed by atoms with E-state index >= 15 is 0 Å². The lowest BCUT2D eigenvalue weighted by atomic mass is 10.2. The van der Waals surface area contributed by atoms with E-state index in [1.54, 1.807) is 0 Å². The minimum Gasteiger partial charge on any atom is -0.493 e. The summed E-state index contributed by atoms with van der Waals surface area (Å²) in [5.41, 5.74) is 1.13. The van der Waals surface area contributed by atoms with Crippen LogP contribution in [0.25, 0.3) is 0 Å². The van der Waals surface area contributed by atoms with E-state index in [0.717, 1.165) is 24.3 Å². The molecule has 1 aromatic carbocycles. The van der Waals surface area contributed by atoms with Crippen LogP contribution < -0.4 is 10.1 Å². The highest BCUT2D eigenvalue weighted by atomic mass is 16.5. The van der Waals surface area contributed by atoms with Crippen LogP contribution in [0.5, 0.6) is 5.75 Å². The Labute approximate surface area is 110 Å². The number of ether oxygens (including phenoxy) is 1. The van der Waals surface area contributed by atoms with Crippen molar-refractivity contribution in [2.45, 2.75) is 33.6 Å². The second-order valence-corrected chi connectivity index (χ2v) is 4.92. The number of hydrogen-bond acceptors (Lipinski definition) is 2. The van der Waals surface area contributed by atoms with Crippen LogP contribution in [0.3, 0.4) is 0 Å². The fourth-order valence-corrected chi connectivity index (χ4v) is 1.54. The summed E-state index contributed by atoms with van der Waals surface area (Å²) in [6, 6.07) is 7.91. The van der Waals surface area contributed by atoms with Crippen molar-refractivity contribution in [3.05, 3.63) is 29.8 Å². The van der Waals surface area contributed by atoms with Gasteiger partial charge in [0.05, 0.1) is 6.61 Å². The van der Waals surface area contributed by atoms with Crippen molar-refractivity contribution < 1.29 is 9.53 Å². The minimum atomic E-state index is 0.108. The third-order valence-electron chi connectivity index (χ3n) is 2.61. The van der Waals surface area contributed by atoms with Gasteiger partial charge in [-0.3, -0.25) is 4.79 Å². The lowest BCUT2D eigenvalue weighted by Gasteiger charge is -2.09. The van der Waals surface area contributed by atoms with E-state index < -0.39 is 0 Å². The summed E-state index contributed by atoms with van der Waals surface area (Å²) in [4.78, 5) is 11.5. The molecule has 1 amide bonds. The molecule has 0 atom stereocenters. The molecular formula is C15H23NO2. The van der Waals surface area contributed by atoms with Crippen LogP contribution >= 0.6 is 0 Å². The quantitative estimate of drug-likeness (QED) is 0.755. The number of benzene rings is 1. The van der Waals surface area contributed by atoms with Crippen molar-refractivity contribution in [3.63, 3.8) is 0 Å². The molecule has 1 N–H and O–H groups in total. The predicted octanol–water partition coefficient (Wildman–Crippen LogP) is 2.93. The van der Waals surface area contributed by atoms with E-state index in [1.807, 2.05) is 31.2 Å². The molecule has 0 fully saturated rings. The van der Waals surface area contributed by atoms with Crippen LogP contribution in [0, 0.1) is 12.8 Å². The number of hydrogen-bond donors (Lipinski definition) is 1. The summed E-state index contributed by atoms with van der Waals surface area (Å²) in [6.45, 7) is 7.52. The first-order chi connectivity index (χ1) is 8.59. The SMILES string of the molecule is Cc1ccccc1OCCCC(=O)NCC(C)C. The molecule has 0 saturated carbocycles. The second kappa shape index (κ2) is 7.75. The molecule has 100 valence electrons. The Morgan fingerprint density at radius 2 is 2.06 bits per heavy atom. The van der Waals surface area contributed by atoms with Gasteiger partial charge >= 0.3 is 0 Å². The van der Waals surface area contributed by atoms with Gasteiger partial charge in [0.2, 0.25) is 5.91 Å². The molecule has 0 radical (unpaired) electrons. The van der Waals surface area contributed by atoms with Crippen molar-refractivity contribution in [1.82, 2.24) is 5.32 Å². The van der Waals surface area contributed by atoms with Gasteiger partial charge in [0.15, 0.2) is 0 Å². The average Bonchev–Trinajstić information content (AvgIpc) is 2.34. The Bertz CT molecular complexity index is 375. The molecule has 0 aliphatic heterocycles. The molecular weight excluding hydrogens is 226 g/mol. The van der Waals surface area contributed by atoms with Crippen LogP contribution in [0.1, 0.15) is 32.3 Å². The normalized spacial score (nSPS) is 10.4. The molecule has 18 heavy (non-hydrogen) atoms. The first kappa shape index (κ1) is 14.6. The van der Waals surface area contributed by atoms with E-state index in [2.05, 4.69) is 19.2 Å². The second-order valence-electron chi connectivity index (χ2n) is 4.92. The zero-order valence-electron chi connectivity index (χ0n) is 11.5. The van der Waals surface area contributed by atoms with Gasteiger partial charge in [0.1, 0.15) is 5.75 Å². The Morgan fingerprint density at radius 3 is 2.72 bits per heavy atom. The zero-order valence-corrected chi connectivity index (χ0v) is 11.5. The fourth-order valence-electron chi connectivity index (χ4n) is 1.54. The molecule has 0 heterocycles. The summed E-state index contributed by atoms with van der Waals surface area (Å²) < 4.78 is 5.63. The van der Waals surface area contributed by atoms with Crippen LogP contribution in [0.4, 0.5) is 0 Å². The Morgan fingerprint density at radius 1 is 1.33 bits per heavy atom. The number of para-hydroxylation sites is 1. The molecule has 0 aliphatic rings. The monoisotopic (exact) mass is 249 g/mol. The van der Waals surface area contributed by atoms with Crippen molar-refractivity contribution in [2.75, 3.05) is 13.2 Å². The number of aryl methyl sites for hydroxylation is 1. The predicted molar refractivity (Wildman–Crippen MR) is 73.8 cm³/mol. The Balaban J connectivity index is 2.15. The van der Waals surface area contributed by atoms with Gasteiger partial charge in [-0.2, -0.15) is 0 Å². The molecule has 1 rings (SSSR count). The molecule has 0 aliphatic carbocycles. The molecule has 0 saturated heterocycles. The van der Waals surface area contributed by atoms with E-state index in [-0.39, 0.29) is 5.91 Å². The summed E-state index contributed by atoms with van der Waals surface area (Å²) in [5.74, 6) is 1.51. The van der Waals surface area contributed by atoms with Gasteiger partial charge in [-0.15, -0.1) is 0 Å². The highest BCUT2D eigenvalue weighted by Crippen LogP contribution is 2.16. The fraction of sp³-hybridized carbons (Fsp3) is 0.533. The van der Waals surface area contributed by atoms with Gasteiger partial charge in [-0.25, -0.2) is 0 Å². The Hall–Kier alpha value is -1.51. The molecule has 0 spiro atoms. The first-order valence-corrected chi connectivity index (χ1v) is 6.54. The summed E-state index contributed by atoms with van der Waals surface area (Å²) in [5, 5.41) is 2.90. The lowest BCUT2D eigenvalue weighted by molar-refractivity contribution is -0.121. The van der Waals surface area contributed by atoms with Gasteiger partial charge < -0.3 is 10.1 Å². The molecule has 1 aromatic rings. The van der Waals surface area contributed by atoms with E-state index in [4.69, 9.17) is 4.74 Å². The van der Waals surface area contributed by atoms with Gasteiger partial charge in [-0.05, 0) is 30.9 Å². The third kappa shape index (κ3) is 5.71. The number of carbonyl (C=O) groups excluding carboxylic acids is 1. The summed E-state index contributed by atoms with van der Waals surface area (Å²) >= 11 is 0. The van der Waals surface area contributed by atoms with Gasteiger partial charge in [0, 0.05) is 13.0 Å². The maximum absolute atomic E-state index is 11.5. The van der Waals surface area contributed by atoms with Crippen LogP contribution in [0.15, 0.2) is 24.3 Å². The maximum atomic E-state index is 11.5. The molecule has 0 aromatic heterocycles. The third-order valence-corrected chi connectivity index (χ3v) is 2.61. The maximum Gasteiger partial charge on any atom is 0.220 e. The summed E-state index contributed by atoms with van der Waals surface area (Å²) in [7, 11) is 0. The highest BCUT2D eigenvalue weighted by molar-refractivity contribution is 5.75. The average molecular weight is 249 g/mol. The number of nitrogens with one attached hydrogen (secondary N) is 1. The highest BCUT2D eigenvalue weighted by Gasteiger charge is 2.03. The van der Waals surface area contributed by atoms with Gasteiger partial charge in [-0.1, -0.05) is 32.0 Å². The van der Waals surface area contributed by atoms with Gasteiger partial charge in [0.25, 0.3) is 0 Å². The van der Waals surface area contributed by atoms with E-state index in [1.165, 1.54) is 0 Å². The van der Waals surface area contributed by atoms with E-state index in [9.17, 15) is 4.79 Å². The zero-order chi connectivity index (χ0) is 13.4. The molecule has 3 heteroatoms. The van der Waals surface area contributed by atoms with E-state index in [0.29, 0.717) is 18.9 Å². The van der Waals surface area contributed by atoms with Crippen LogP contribution in [-0.2, 0) is 4.79 Å². The largest absolute Gasteiger partial charge is 0.493 e. The Kier molecular flexibility index (Phi) is 6.26. The molecule has 0 unspecified atom stereocenters. The van der Waals surface area contributed by atoms with Crippen LogP contribution in [0.2, 0.25) is 0 Å².